The number of methoxy groups -OCH3 is 1. The van der Waals surface area contributed by atoms with Crippen molar-refractivity contribution >= 4 is 46.5 Å². The maximum absolute atomic E-state index is 12.5. The van der Waals surface area contributed by atoms with E-state index in [0.717, 1.165) is 16.8 Å². The van der Waals surface area contributed by atoms with Crippen molar-refractivity contribution in [2.45, 2.75) is 0 Å². The van der Waals surface area contributed by atoms with Crippen LogP contribution in [0.2, 0.25) is 0 Å². The molecule has 1 fully saturated rings. The Morgan fingerprint density at radius 1 is 1.19 bits per heavy atom. The first kappa shape index (κ1) is 18.0. The summed E-state index contributed by atoms with van der Waals surface area (Å²) < 4.78 is 5.35. The first-order chi connectivity index (χ1) is 12.5. The summed E-state index contributed by atoms with van der Waals surface area (Å²) in [6.07, 6.45) is 3.03. The van der Waals surface area contributed by atoms with Gasteiger partial charge in [0, 0.05) is 5.56 Å². The monoisotopic (exact) mass is 386 g/mol. The Morgan fingerprint density at radius 2 is 1.96 bits per heavy atom. The Balaban J connectivity index is 1.84. The Hall–Kier alpha value is -2.84. The number of para-hydroxylation sites is 1. The highest BCUT2D eigenvalue weighted by Crippen LogP contribution is 2.34. The second-order valence-electron chi connectivity index (χ2n) is 5.23. The number of rotatable bonds is 4. The molecule has 0 atom stereocenters. The number of hydrazone groups is 1. The summed E-state index contributed by atoms with van der Waals surface area (Å²) in [6.45, 7) is 0. The number of aromatic hydroxyl groups is 2. The zero-order chi connectivity index (χ0) is 18.7. The van der Waals surface area contributed by atoms with Crippen LogP contribution in [0.5, 0.6) is 17.2 Å². The zero-order valence-corrected chi connectivity index (χ0v) is 15.3. The number of thioether (sulfide) groups is 1. The molecular weight excluding hydrogens is 372 g/mol. The van der Waals surface area contributed by atoms with Gasteiger partial charge in [0.2, 0.25) is 0 Å². The van der Waals surface area contributed by atoms with Crippen LogP contribution in [0.25, 0.3) is 6.08 Å². The highest BCUT2D eigenvalue weighted by molar-refractivity contribution is 8.26. The summed E-state index contributed by atoms with van der Waals surface area (Å²) in [5, 5.41) is 24.6. The number of phenols is 2. The molecule has 2 N–H and O–H groups in total. The molecule has 2 aromatic rings. The Labute approximate surface area is 159 Å². The van der Waals surface area contributed by atoms with Crippen molar-refractivity contribution in [2.75, 3.05) is 7.11 Å². The molecule has 26 heavy (non-hydrogen) atoms. The van der Waals surface area contributed by atoms with Crippen molar-refractivity contribution in [1.29, 1.82) is 0 Å². The number of ether oxygens (including phenoxy) is 1. The van der Waals surface area contributed by atoms with Crippen LogP contribution < -0.4 is 4.74 Å². The van der Waals surface area contributed by atoms with Crippen molar-refractivity contribution in [3.8, 4) is 17.2 Å². The van der Waals surface area contributed by atoms with Gasteiger partial charge >= 0.3 is 0 Å². The average Bonchev–Trinajstić information content (AvgIpc) is 2.89. The highest BCUT2D eigenvalue weighted by atomic mass is 32.2. The summed E-state index contributed by atoms with van der Waals surface area (Å²) in [5.74, 6) is 0.0309. The van der Waals surface area contributed by atoms with E-state index in [1.54, 1.807) is 36.4 Å². The van der Waals surface area contributed by atoms with E-state index in [1.165, 1.54) is 25.5 Å². The van der Waals surface area contributed by atoms with Crippen LogP contribution in [0, 0.1) is 0 Å². The number of phenolic OH excluding ortho intramolecular Hbond substituents is 2. The SMILES string of the molecule is COc1cc(/C=C2/SC(=S)N(/N=C/c3ccccc3O)C2=O)ccc1O. The van der Waals surface area contributed by atoms with Gasteiger partial charge < -0.3 is 14.9 Å². The lowest BCUT2D eigenvalue weighted by Crippen LogP contribution is -2.22. The molecule has 0 bridgehead atoms. The Kier molecular flexibility index (Phi) is 5.24. The molecule has 1 aliphatic heterocycles. The van der Waals surface area contributed by atoms with E-state index >= 15 is 0 Å². The van der Waals surface area contributed by atoms with Gasteiger partial charge in [-0.05, 0) is 48.1 Å². The molecule has 132 valence electrons. The highest BCUT2D eigenvalue weighted by Gasteiger charge is 2.32. The average molecular weight is 386 g/mol. The van der Waals surface area contributed by atoms with Gasteiger partial charge in [0.25, 0.3) is 5.91 Å². The maximum atomic E-state index is 12.5. The minimum atomic E-state index is -0.362. The molecule has 3 rings (SSSR count). The number of hydrogen-bond acceptors (Lipinski definition) is 7. The van der Waals surface area contributed by atoms with Crippen LogP contribution in [-0.2, 0) is 4.79 Å². The van der Waals surface area contributed by atoms with Gasteiger partial charge in [0.15, 0.2) is 15.8 Å². The molecule has 0 unspecified atom stereocenters. The quantitative estimate of drug-likeness (QED) is 0.476. The molecular formula is C18H14N2O4S2. The fourth-order valence-corrected chi connectivity index (χ4v) is 3.38. The standard InChI is InChI=1S/C18H14N2O4S2/c1-24-15-8-11(6-7-14(15)22)9-16-17(23)20(18(25)26-16)19-10-12-4-2-3-5-13(12)21/h2-10,21-22H,1H3/b16-9+,19-10+. The lowest BCUT2D eigenvalue weighted by Gasteiger charge is -2.06. The topological polar surface area (TPSA) is 82.4 Å². The fraction of sp³-hybridized carbons (Fsp3) is 0.0556. The van der Waals surface area contributed by atoms with E-state index in [4.69, 9.17) is 17.0 Å². The minimum absolute atomic E-state index is 0.0180. The number of nitrogens with zero attached hydrogens (tertiary/aromatic N) is 2. The predicted molar refractivity (Wildman–Crippen MR) is 105 cm³/mol. The molecule has 2 aromatic carbocycles. The van der Waals surface area contributed by atoms with Crippen LogP contribution in [0.1, 0.15) is 11.1 Å². The van der Waals surface area contributed by atoms with E-state index in [2.05, 4.69) is 5.10 Å². The van der Waals surface area contributed by atoms with E-state index in [0.29, 0.717) is 26.1 Å². The van der Waals surface area contributed by atoms with Gasteiger partial charge in [-0.3, -0.25) is 4.79 Å². The minimum Gasteiger partial charge on any atom is -0.507 e. The molecule has 0 spiro atoms. The van der Waals surface area contributed by atoms with E-state index in [1.807, 2.05) is 0 Å². The zero-order valence-electron chi connectivity index (χ0n) is 13.6. The molecule has 1 heterocycles. The third-order valence-corrected chi connectivity index (χ3v) is 4.81. The number of carbonyl (C=O) groups is 1. The summed E-state index contributed by atoms with van der Waals surface area (Å²) >= 11 is 6.34. The van der Waals surface area contributed by atoms with Crippen LogP contribution in [-0.4, -0.2) is 38.8 Å². The predicted octanol–water partition coefficient (Wildman–Crippen LogP) is 3.34. The lowest BCUT2D eigenvalue weighted by atomic mass is 10.2. The summed E-state index contributed by atoms with van der Waals surface area (Å²) in [4.78, 5) is 12.9. The third-order valence-electron chi connectivity index (χ3n) is 3.52. The van der Waals surface area contributed by atoms with Crippen molar-refractivity contribution in [1.82, 2.24) is 5.01 Å². The summed E-state index contributed by atoms with van der Waals surface area (Å²) in [7, 11) is 1.45. The van der Waals surface area contributed by atoms with Gasteiger partial charge in [-0.25, -0.2) is 0 Å². The second-order valence-corrected chi connectivity index (χ2v) is 6.90. The first-order valence-corrected chi connectivity index (χ1v) is 8.69. The van der Waals surface area contributed by atoms with Crippen molar-refractivity contribution in [2.24, 2.45) is 5.10 Å². The van der Waals surface area contributed by atoms with Crippen molar-refractivity contribution in [3.63, 3.8) is 0 Å². The molecule has 1 saturated heterocycles. The van der Waals surface area contributed by atoms with Gasteiger partial charge in [0.05, 0.1) is 18.2 Å². The summed E-state index contributed by atoms with van der Waals surface area (Å²) in [6, 6.07) is 11.4. The lowest BCUT2D eigenvalue weighted by molar-refractivity contribution is -0.122. The summed E-state index contributed by atoms with van der Waals surface area (Å²) in [5.41, 5.74) is 1.17. The number of hydrogen-bond donors (Lipinski definition) is 2. The molecule has 0 aromatic heterocycles. The van der Waals surface area contributed by atoms with Crippen LogP contribution in [0.4, 0.5) is 0 Å². The van der Waals surface area contributed by atoms with Gasteiger partial charge in [-0.1, -0.05) is 30.0 Å². The molecule has 1 amide bonds. The molecule has 0 radical (unpaired) electrons. The molecule has 1 aliphatic rings. The normalized spacial score (nSPS) is 16.0. The van der Waals surface area contributed by atoms with Crippen molar-refractivity contribution < 1.29 is 19.7 Å². The fourth-order valence-electron chi connectivity index (χ4n) is 2.21. The van der Waals surface area contributed by atoms with Crippen molar-refractivity contribution in [3.05, 3.63) is 58.5 Å². The number of benzene rings is 2. The van der Waals surface area contributed by atoms with Gasteiger partial charge in [-0.2, -0.15) is 10.1 Å². The van der Waals surface area contributed by atoms with E-state index < -0.39 is 0 Å². The Bertz CT molecular complexity index is 941. The molecule has 8 heteroatoms. The third kappa shape index (κ3) is 3.71. The number of amides is 1. The van der Waals surface area contributed by atoms with Gasteiger partial charge in [-0.15, -0.1) is 0 Å². The second kappa shape index (κ2) is 7.59. The Morgan fingerprint density at radius 3 is 2.69 bits per heavy atom. The van der Waals surface area contributed by atoms with Crippen LogP contribution in [0.3, 0.4) is 0 Å². The van der Waals surface area contributed by atoms with Gasteiger partial charge in [0.1, 0.15) is 5.75 Å². The van der Waals surface area contributed by atoms with Crippen LogP contribution in [0.15, 0.2) is 52.5 Å². The molecule has 0 saturated carbocycles. The van der Waals surface area contributed by atoms with E-state index in [-0.39, 0.29) is 17.4 Å². The molecule has 6 nitrogen and oxygen atoms in total. The van der Waals surface area contributed by atoms with E-state index in [9.17, 15) is 15.0 Å². The first-order valence-electron chi connectivity index (χ1n) is 7.46. The smallest absolute Gasteiger partial charge is 0.286 e. The largest absolute Gasteiger partial charge is 0.507 e. The number of carbonyl (C=O) groups excluding carboxylic acids is 1. The number of thiocarbonyl (C=S) groups is 1. The van der Waals surface area contributed by atoms with Crippen LogP contribution >= 0.6 is 24.0 Å². The maximum Gasteiger partial charge on any atom is 0.286 e. The molecule has 0 aliphatic carbocycles.